The van der Waals surface area contributed by atoms with Gasteiger partial charge in [0.25, 0.3) is 0 Å². The fourth-order valence-electron chi connectivity index (χ4n) is 2.75. The van der Waals surface area contributed by atoms with Crippen molar-refractivity contribution < 1.29 is 0 Å². The van der Waals surface area contributed by atoms with E-state index in [1.54, 1.807) is 35.9 Å². The number of amidine groups is 1. The first-order valence-corrected chi connectivity index (χ1v) is 10.1. The molecule has 0 aliphatic carbocycles. The third-order valence-corrected chi connectivity index (χ3v) is 6.05. The predicted molar refractivity (Wildman–Crippen MR) is 122 cm³/mol. The van der Waals surface area contributed by atoms with Gasteiger partial charge in [-0.05, 0) is 43.3 Å². The first kappa shape index (κ1) is 19.7. The van der Waals surface area contributed by atoms with Crippen LogP contribution in [-0.2, 0) is 0 Å². The molecule has 4 rings (SSSR count). The minimum absolute atomic E-state index is 0.546. The van der Waals surface area contributed by atoms with Crippen molar-refractivity contribution in [3.05, 3.63) is 66.6 Å². The number of nitrogens with zero attached hydrogens (tertiary/aromatic N) is 5. The van der Waals surface area contributed by atoms with Crippen LogP contribution >= 0.6 is 22.7 Å². The number of pyridine rings is 2. The first-order chi connectivity index (χ1) is 13.7. The second-order valence-corrected chi connectivity index (χ2v) is 7.52. The van der Waals surface area contributed by atoms with Gasteiger partial charge in [0.1, 0.15) is 10.7 Å². The van der Waals surface area contributed by atoms with Crippen molar-refractivity contribution in [2.24, 2.45) is 9.98 Å². The Labute approximate surface area is 171 Å². The van der Waals surface area contributed by atoms with Crippen molar-refractivity contribution in [3.8, 4) is 21.1 Å². The highest BCUT2D eigenvalue weighted by molar-refractivity contribution is 7.19. The Kier molecular flexibility index (Phi) is 6.18. The zero-order valence-electron chi connectivity index (χ0n) is 15.7. The van der Waals surface area contributed by atoms with E-state index in [4.69, 9.17) is 9.97 Å². The molecule has 7 heteroatoms. The van der Waals surface area contributed by atoms with Crippen LogP contribution in [0, 0.1) is 6.92 Å². The minimum Gasteiger partial charge on any atom is -0.268 e. The van der Waals surface area contributed by atoms with Gasteiger partial charge in [-0.15, -0.1) is 35.8 Å². The summed E-state index contributed by atoms with van der Waals surface area (Å²) in [6.07, 6.45) is 3.59. The van der Waals surface area contributed by atoms with Crippen molar-refractivity contribution in [1.82, 2.24) is 15.0 Å². The smallest absolute Gasteiger partial charge is 0.173 e. The van der Waals surface area contributed by atoms with Gasteiger partial charge >= 0.3 is 0 Å². The third-order valence-electron chi connectivity index (χ3n) is 3.96. The van der Waals surface area contributed by atoms with Crippen LogP contribution in [0.15, 0.2) is 65.2 Å². The molecule has 0 saturated heterocycles. The highest BCUT2D eigenvalue weighted by atomic mass is 32.1. The fourth-order valence-corrected chi connectivity index (χ4v) is 4.59. The molecule has 0 radical (unpaired) electrons. The normalized spacial score (nSPS) is 11.1. The fraction of sp³-hybridized carbons (Fsp3) is 0.0952. The van der Waals surface area contributed by atoms with Crippen LogP contribution in [0.2, 0.25) is 0 Å². The second kappa shape index (κ2) is 8.77. The van der Waals surface area contributed by atoms with Crippen LogP contribution in [0.4, 0.5) is 0 Å². The number of thiazole rings is 1. The molecular weight excluding hydrogens is 386 g/mol. The molecule has 4 aromatic heterocycles. The Morgan fingerprint density at radius 1 is 1.18 bits per heavy atom. The highest BCUT2D eigenvalue weighted by Crippen LogP contribution is 2.36. The topological polar surface area (TPSA) is 63.4 Å². The first-order valence-electron chi connectivity index (χ1n) is 8.41. The maximum Gasteiger partial charge on any atom is 0.173 e. The van der Waals surface area contributed by atoms with Crippen LogP contribution in [0.5, 0.6) is 0 Å². The van der Waals surface area contributed by atoms with Crippen molar-refractivity contribution in [2.75, 3.05) is 7.05 Å². The van der Waals surface area contributed by atoms with Gasteiger partial charge in [-0.2, -0.15) is 0 Å². The summed E-state index contributed by atoms with van der Waals surface area (Å²) < 4.78 is 1.14. The molecule has 0 spiro atoms. The SMILES string of the molecule is C=C.C=NC(=NC)c1nc(-c2sc(-c3cccnc3)nc2C)cc2sccc12. The molecule has 0 aliphatic rings. The molecule has 4 aromatic rings. The average molecular weight is 406 g/mol. The van der Waals surface area contributed by atoms with Gasteiger partial charge in [0.15, 0.2) is 5.84 Å². The summed E-state index contributed by atoms with van der Waals surface area (Å²) in [6, 6.07) is 8.08. The number of aromatic nitrogens is 3. The maximum absolute atomic E-state index is 4.85. The minimum atomic E-state index is 0.546. The van der Waals surface area contributed by atoms with E-state index in [1.807, 2.05) is 31.3 Å². The molecule has 0 bridgehead atoms. The molecule has 4 heterocycles. The Hall–Kier alpha value is -3.03. The van der Waals surface area contributed by atoms with Crippen LogP contribution in [0.25, 0.3) is 31.2 Å². The summed E-state index contributed by atoms with van der Waals surface area (Å²) in [6.45, 7) is 11.6. The maximum atomic E-state index is 4.85. The standard InChI is InChI=1S/C19H15N5S2.C2H4/c1-11-17(26-19(23-11)12-5-4-7-22-10-12)14-9-15-13(6-8-25-15)16(24-14)18(20-2)21-3;1-2/h4-10H,2H2,1,3H3;1-2H2. The molecule has 0 fully saturated rings. The molecule has 0 aliphatic heterocycles. The quantitative estimate of drug-likeness (QED) is 0.251. The third kappa shape index (κ3) is 3.67. The van der Waals surface area contributed by atoms with Crippen LogP contribution in [0.1, 0.15) is 11.4 Å². The molecule has 0 amide bonds. The Balaban J connectivity index is 0.00000109. The number of hydrogen-bond acceptors (Lipinski definition) is 6. The molecule has 140 valence electrons. The van der Waals surface area contributed by atoms with Gasteiger partial charge in [0.05, 0.1) is 16.3 Å². The summed E-state index contributed by atoms with van der Waals surface area (Å²) in [5, 5.41) is 4.03. The number of aliphatic imine (C=N–C) groups is 2. The zero-order valence-corrected chi connectivity index (χ0v) is 17.3. The molecule has 0 aromatic carbocycles. The summed E-state index contributed by atoms with van der Waals surface area (Å²) >= 11 is 3.29. The van der Waals surface area contributed by atoms with Crippen molar-refractivity contribution in [3.63, 3.8) is 0 Å². The largest absolute Gasteiger partial charge is 0.268 e. The lowest BCUT2D eigenvalue weighted by Gasteiger charge is -2.05. The monoisotopic (exact) mass is 405 g/mol. The van der Waals surface area contributed by atoms with Crippen LogP contribution in [-0.4, -0.2) is 34.6 Å². The van der Waals surface area contributed by atoms with E-state index in [0.717, 1.165) is 42.6 Å². The van der Waals surface area contributed by atoms with Gasteiger partial charge < -0.3 is 0 Å². The number of aryl methyl sites for hydroxylation is 1. The molecule has 0 unspecified atom stereocenters. The van der Waals surface area contributed by atoms with Crippen molar-refractivity contribution in [1.29, 1.82) is 0 Å². The van der Waals surface area contributed by atoms with Gasteiger partial charge in [-0.25, -0.2) is 15.0 Å². The van der Waals surface area contributed by atoms with E-state index in [2.05, 4.69) is 46.3 Å². The summed E-state index contributed by atoms with van der Waals surface area (Å²) in [5.74, 6) is 0.546. The Morgan fingerprint density at radius 3 is 2.68 bits per heavy atom. The Morgan fingerprint density at radius 2 is 2.00 bits per heavy atom. The highest BCUT2D eigenvalue weighted by Gasteiger charge is 2.17. The van der Waals surface area contributed by atoms with Gasteiger partial charge in [0.2, 0.25) is 0 Å². The zero-order chi connectivity index (χ0) is 20.1. The van der Waals surface area contributed by atoms with E-state index < -0.39 is 0 Å². The van der Waals surface area contributed by atoms with Gasteiger partial charge in [0, 0.05) is 35.1 Å². The number of thiophene rings is 1. The summed E-state index contributed by atoms with van der Waals surface area (Å²) in [4.78, 5) is 23.1. The number of rotatable bonds is 3. The molecule has 0 saturated carbocycles. The lowest BCUT2D eigenvalue weighted by atomic mass is 10.2. The van der Waals surface area contributed by atoms with Crippen molar-refractivity contribution in [2.45, 2.75) is 6.92 Å². The summed E-state index contributed by atoms with van der Waals surface area (Å²) in [5.41, 5.74) is 3.59. The van der Waals surface area contributed by atoms with E-state index in [-0.39, 0.29) is 0 Å². The molecule has 5 nitrogen and oxygen atoms in total. The van der Waals surface area contributed by atoms with E-state index >= 15 is 0 Å². The summed E-state index contributed by atoms with van der Waals surface area (Å²) in [7, 11) is 1.70. The lowest BCUT2D eigenvalue weighted by molar-refractivity contribution is 1.23. The van der Waals surface area contributed by atoms with Crippen LogP contribution < -0.4 is 0 Å². The second-order valence-electron chi connectivity index (χ2n) is 5.57. The van der Waals surface area contributed by atoms with E-state index in [9.17, 15) is 0 Å². The van der Waals surface area contributed by atoms with Crippen LogP contribution in [0.3, 0.4) is 0 Å². The molecular formula is C21H19N5S2. The Bertz CT molecular complexity index is 1140. The average Bonchev–Trinajstić information content (AvgIpc) is 3.37. The predicted octanol–water partition coefficient (Wildman–Crippen LogP) is 5.67. The van der Waals surface area contributed by atoms with E-state index in [0.29, 0.717) is 5.84 Å². The molecule has 0 N–H and O–H groups in total. The molecule has 0 atom stereocenters. The molecule has 28 heavy (non-hydrogen) atoms. The van der Waals surface area contributed by atoms with Gasteiger partial charge in [-0.3, -0.25) is 9.98 Å². The van der Waals surface area contributed by atoms with Crippen molar-refractivity contribution >= 4 is 45.3 Å². The number of hydrogen-bond donors (Lipinski definition) is 0. The van der Waals surface area contributed by atoms with Gasteiger partial charge in [-0.1, -0.05) is 0 Å². The van der Waals surface area contributed by atoms with E-state index in [1.165, 1.54) is 0 Å². The number of fused-ring (bicyclic) bond motifs is 1. The lowest BCUT2D eigenvalue weighted by Crippen LogP contribution is -2.02.